The number of alkyl halides is 2. The van der Waals surface area contributed by atoms with E-state index in [-0.39, 0.29) is 23.3 Å². The second-order valence-corrected chi connectivity index (χ2v) is 9.04. The van der Waals surface area contributed by atoms with Gasteiger partial charge in [-0.2, -0.15) is 8.78 Å². The van der Waals surface area contributed by atoms with Crippen LogP contribution in [-0.2, 0) is 12.5 Å². The van der Waals surface area contributed by atoms with Gasteiger partial charge in [-0.25, -0.2) is 22.0 Å². The highest BCUT2D eigenvalue weighted by Gasteiger charge is 2.41. The van der Waals surface area contributed by atoms with Crippen LogP contribution in [0, 0.1) is 29.1 Å². The molecule has 0 N–H and O–H groups in total. The third-order valence-electron chi connectivity index (χ3n) is 5.94. The average molecular weight is 565 g/mol. The predicted octanol–water partition coefficient (Wildman–Crippen LogP) is 10.0. The molecule has 0 bridgehead atoms. The quantitative estimate of drug-likeness (QED) is 0.118. The molecule has 0 aliphatic carbocycles. The first kappa shape index (κ1) is 28.2. The van der Waals surface area contributed by atoms with E-state index in [1.54, 1.807) is 6.07 Å². The minimum atomic E-state index is -4.50. The molecule has 0 amide bonds. The number of aryl methyl sites for hydroxylation is 1. The molecule has 39 heavy (non-hydrogen) atoms. The number of rotatable bonds is 8. The summed E-state index contributed by atoms with van der Waals surface area (Å²) in [5, 5.41) is -0.824. The summed E-state index contributed by atoms with van der Waals surface area (Å²) >= 11 is 5.93. The fourth-order valence-corrected chi connectivity index (χ4v) is 4.32. The molecule has 0 aliphatic rings. The number of benzene rings is 4. The molecular formula is C30H20ClF7O. The maximum absolute atomic E-state index is 15.1. The lowest BCUT2D eigenvalue weighted by Gasteiger charge is -2.21. The zero-order valence-corrected chi connectivity index (χ0v) is 21.1. The SMILES string of the molecule is CC=CCCc1ccc(-c2ccc(-c3cc(F)c(C(F)(F)Oc4cc(F)c(F)c(F)c4)c(Cl)c3)c(F)c2)cc1. The van der Waals surface area contributed by atoms with Crippen molar-refractivity contribution in [1.29, 1.82) is 0 Å². The van der Waals surface area contributed by atoms with Gasteiger partial charge >= 0.3 is 6.11 Å². The molecule has 1 nitrogen and oxygen atoms in total. The van der Waals surface area contributed by atoms with E-state index in [9.17, 15) is 26.3 Å². The normalized spacial score (nSPS) is 11.8. The monoisotopic (exact) mass is 564 g/mol. The number of halogens is 8. The molecule has 0 atom stereocenters. The Hall–Kier alpha value is -3.78. The highest BCUT2D eigenvalue weighted by Crippen LogP contribution is 2.41. The van der Waals surface area contributed by atoms with Crippen molar-refractivity contribution in [3.05, 3.63) is 124 Å². The molecule has 0 saturated carbocycles. The maximum Gasteiger partial charge on any atom is 0.431 e. The number of hydrogen-bond acceptors (Lipinski definition) is 1. The van der Waals surface area contributed by atoms with Gasteiger partial charge in [0.1, 0.15) is 22.9 Å². The summed E-state index contributed by atoms with van der Waals surface area (Å²) < 4.78 is 104. The van der Waals surface area contributed by atoms with Crippen LogP contribution >= 0.6 is 11.6 Å². The lowest BCUT2D eigenvalue weighted by molar-refractivity contribution is -0.187. The fraction of sp³-hybridized carbons (Fsp3) is 0.133. The Labute approximate surface area is 225 Å². The number of allylic oxidation sites excluding steroid dienone is 2. The Morgan fingerprint density at radius 1 is 0.744 bits per heavy atom. The summed E-state index contributed by atoms with van der Waals surface area (Å²) in [7, 11) is 0. The molecule has 4 aromatic rings. The van der Waals surface area contributed by atoms with Gasteiger partial charge in [-0.05, 0) is 60.2 Å². The van der Waals surface area contributed by atoms with Crippen molar-refractivity contribution >= 4 is 11.6 Å². The van der Waals surface area contributed by atoms with Crippen molar-refractivity contribution in [1.82, 2.24) is 0 Å². The van der Waals surface area contributed by atoms with Crippen molar-refractivity contribution in [2.24, 2.45) is 0 Å². The second-order valence-electron chi connectivity index (χ2n) is 8.63. The largest absolute Gasteiger partial charge is 0.431 e. The molecule has 0 unspecified atom stereocenters. The molecule has 0 heterocycles. The fourth-order valence-electron chi connectivity index (χ4n) is 4.01. The molecule has 0 aliphatic heterocycles. The molecule has 4 rings (SSSR count). The molecule has 9 heteroatoms. The summed E-state index contributed by atoms with van der Waals surface area (Å²) in [6, 6.07) is 13.7. The van der Waals surface area contributed by atoms with E-state index >= 15 is 4.39 Å². The lowest BCUT2D eigenvalue weighted by atomic mass is 9.97. The smallest absolute Gasteiger partial charge is 0.429 e. The van der Waals surface area contributed by atoms with Crippen LogP contribution in [0.4, 0.5) is 30.7 Å². The highest BCUT2D eigenvalue weighted by molar-refractivity contribution is 6.31. The first-order chi connectivity index (χ1) is 18.5. The van der Waals surface area contributed by atoms with Crippen molar-refractivity contribution in [3.63, 3.8) is 0 Å². The Bertz CT molecular complexity index is 1490. The predicted molar refractivity (Wildman–Crippen MR) is 136 cm³/mol. The summed E-state index contributed by atoms with van der Waals surface area (Å²) in [6.45, 7) is 1.95. The van der Waals surface area contributed by atoms with Gasteiger partial charge in [-0.3, -0.25) is 0 Å². The van der Waals surface area contributed by atoms with E-state index in [1.165, 1.54) is 12.1 Å². The number of hydrogen-bond donors (Lipinski definition) is 0. The second kappa shape index (κ2) is 11.5. The average Bonchev–Trinajstić information content (AvgIpc) is 2.87. The van der Waals surface area contributed by atoms with Gasteiger partial charge in [0.25, 0.3) is 0 Å². The minimum absolute atomic E-state index is 0.0963. The van der Waals surface area contributed by atoms with E-state index in [0.717, 1.165) is 30.0 Å². The van der Waals surface area contributed by atoms with Gasteiger partial charge in [0.05, 0.1) is 5.02 Å². The number of ether oxygens (including phenoxy) is 1. The zero-order chi connectivity index (χ0) is 28.3. The third kappa shape index (κ3) is 6.28. The standard InChI is InChI=1S/C30H20ClF7O/c1-2-3-4-5-17-6-8-18(9-7-17)19-10-11-22(24(32)13-19)20-12-23(31)28(25(33)14-20)30(37,38)39-21-15-26(34)29(36)27(35)16-21/h2-3,6-16H,4-5H2,1H3. The Morgan fingerprint density at radius 3 is 1.95 bits per heavy atom. The Balaban J connectivity index is 1.59. The van der Waals surface area contributed by atoms with Gasteiger partial charge in [-0.15, -0.1) is 0 Å². The molecule has 0 aromatic heterocycles. The Morgan fingerprint density at radius 2 is 1.36 bits per heavy atom. The van der Waals surface area contributed by atoms with Crippen LogP contribution in [0.1, 0.15) is 24.5 Å². The van der Waals surface area contributed by atoms with Crippen LogP contribution in [0.5, 0.6) is 5.75 Å². The lowest BCUT2D eigenvalue weighted by Crippen LogP contribution is -2.24. The topological polar surface area (TPSA) is 9.23 Å². The van der Waals surface area contributed by atoms with Crippen LogP contribution in [0.2, 0.25) is 5.02 Å². The summed E-state index contributed by atoms with van der Waals surface area (Å²) in [4.78, 5) is 0. The van der Waals surface area contributed by atoms with E-state index in [1.807, 2.05) is 37.3 Å². The Kier molecular flexibility index (Phi) is 8.35. The first-order valence-electron chi connectivity index (χ1n) is 11.7. The maximum atomic E-state index is 15.1. The van der Waals surface area contributed by atoms with E-state index < -0.39 is 51.5 Å². The first-order valence-corrected chi connectivity index (χ1v) is 12.1. The summed E-state index contributed by atoms with van der Waals surface area (Å²) in [6.07, 6.45) is 1.30. The summed E-state index contributed by atoms with van der Waals surface area (Å²) in [5.74, 6) is -8.83. The van der Waals surface area contributed by atoms with Gasteiger partial charge in [0.15, 0.2) is 17.5 Å². The van der Waals surface area contributed by atoms with Crippen LogP contribution in [-0.4, -0.2) is 0 Å². The van der Waals surface area contributed by atoms with Crippen molar-refractivity contribution in [2.75, 3.05) is 0 Å². The third-order valence-corrected chi connectivity index (χ3v) is 6.24. The minimum Gasteiger partial charge on any atom is -0.429 e. The van der Waals surface area contributed by atoms with Crippen molar-refractivity contribution in [3.8, 4) is 28.0 Å². The van der Waals surface area contributed by atoms with E-state index in [0.29, 0.717) is 11.6 Å². The van der Waals surface area contributed by atoms with Crippen molar-refractivity contribution in [2.45, 2.75) is 25.9 Å². The molecule has 0 radical (unpaired) electrons. The van der Waals surface area contributed by atoms with Crippen molar-refractivity contribution < 1.29 is 35.5 Å². The van der Waals surface area contributed by atoms with E-state index in [4.69, 9.17) is 11.6 Å². The van der Waals surface area contributed by atoms with Gasteiger partial charge in [-0.1, -0.05) is 60.2 Å². The van der Waals surface area contributed by atoms with E-state index in [2.05, 4.69) is 10.8 Å². The van der Waals surface area contributed by atoms with Crippen LogP contribution in [0.25, 0.3) is 22.3 Å². The molecule has 0 spiro atoms. The molecular weight excluding hydrogens is 545 g/mol. The zero-order valence-electron chi connectivity index (χ0n) is 20.4. The molecule has 4 aromatic carbocycles. The molecule has 0 fully saturated rings. The van der Waals surface area contributed by atoms with Gasteiger partial charge in [0.2, 0.25) is 0 Å². The van der Waals surface area contributed by atoms with Crippen LogP contribution in [0.15, 0.2) is 78.9 Å². The molecule has 0 saturated heterocycles. The summed E-state index contributed by atoms with van der Waals surface area (Å²) in [5.41, 5.74) is 0.762. The molecule has 202 valence electrons. The van der Waals surface area contributed by atoms with Crippen LogP contribution in [0.3, 0.4) is 0 Å². The van der Waals surface area contributed by atoms with Gasteiger partial charge in [0, 0.05) is 17.7 Å². The highest BCUT2D eigenvalue weighted by atomic mass is 35.5. The van der Waals surface area contributed by atoms with Crippen LogP contribution < -0.4 is 4.74 Å². The van der Waals surface area contributed by atoms with Gasteiger partial charge < -0.3 is 4.74 Å².